The molecule has 0 aliphatic rings. The fourth-order valence-corrected chi connectivity index (χ4v) is 9.82. The summed E-state index contributed by atoms with van der Waals surface area (Å²) in [5.74, 6) is -0.190. The Morgan fingerprint density at radius 3 is 1.12 bits per heavy atom. The molecule has 1 unspecified atom stereocenters. The van der Waals surface area contributed by atoms with Gasteiger partial charge in [0.2, 0.25) is 5.91 Å². The van der Waals surface area contributed by atoms with Crippen molar-refractivity contribution in [2.75, 3.05) is 40.9 Å². The van der Waals surface area contributed by atoms with Crippen LogP contribution in [0.5, 0.6) is 0 Å². The van der Waals surface area contributed by atoms with Crippen molar-refractivity contribution in [2.24, 2.45) is 0 Å². The number of phosphoric ester groups is 1. The molecule has 8 nitrogen and oxygen atoms in total. The maximum atomic E-state index is 13.0. The Kier molecular flexibility index (Phi) is 49.6. The molecule has 0 aliphatic heterocycles. The molecule has 1 amide bonds. The highest BCUT2D eigenvalue weighted by atomic mass is 31.2. The van der Waals surface area contributed by atoms with Crippen molar-refractivity contribution in [2.45, 2.75) is 315 Å². The fourth-order valence-electron chi connectivity index (χ4n) is 9.10. The Morgan fingerprint density at radius 1 is 0.507 bits per heavy atom. The second kappa shape index (κ2) is 50.2. The molecule has 0 aliphatic carbocycles. The van der Waals surface area contributed by atoms with E-state index in [1.54, 1.807) is 6.08 Å². The predicted molar refractivity (Wildman–Crippen MR) is 289 cm³/mol. The Bertz CT molecular complexity index is 1100. The van der Waals surface area contributed by atoms with Crippen LogP contribution in [-0.4, -0.2) is 68.5 Å². The molecule has 0 rings (SSSR count). The molecule has 0 spiro atoms. The van der Waals surface area contributed by atoms with Gasteiger partial charge in [0.15, 0.2) is 0 Å². The Balaban J connectivity index is 4.06. The molecule has 0 heterocycles. The fraction of sp³-hybridized carbons (Fsp3) is 0.948. The lowest BCUT2D eigenvalue weighted by Crippen LogP contribution is -2.45. The number of aliphatic hydroxyl groups excluding tert-OH is 1. The summed E-state index contributed by atoms with van der Waals surface area (Å²) in [6.45, 7) is 4.70. The SMILES string of the molecule is CCCCCCCCCCCCCCCC/C=C/[C@@H](O)[C@H](COP(=O)([O-])OCC[N+](C)(C)C)NC(=O)CCCCCCCCCCCCCCCCCCCCCCCCCCCCCCC. The summed E-state index contributed by atoms with van der Waals surface area (Å²) < 4.78 is 23.3. The number of likely N-dealkylation sites (N-methyl/N-ethyl adjacent to an activating group) is 1. The average Bonchev–Trinajstić information content (AvgIpc) is 3.29. The monoisotopic (exact) mass is 969 g/mol. The third kappa shape index (κ3) is 52.9. The molecule has 0 aromatic carbocycles. The number of carbonyl (C=O) groups excluding carboxylic acids is 1. The summed E-state index contributed by atoms with van der Waals surface area (Å²) in [4.78, 5) is 25.5. The molecule has 0 saturated carbocycles. The molecule has 0 bridgehead atoms. The van der Waals surface area contributed by atoms with Crippen molar-refractivity contribution < 1.29 is 32.9 Å². The lowest BCUT2D eigenvalue weighted by molar-refractivity contribution is -0.870. The number of aliphatic hydroxyl groups is 1. The van der Waals surface area contributed by atoms with E-state index in [-0.39, 0.29) is 19.1 Å². The summed E-state index contributed by atoms with van der Waals surface area (Å²) in [5, 5.41) is 13.9. The first-order valence-corrected chi connectivity index (χ1v) is 31.0. The number of nitrogens with zero attached hydrogens (tertiary/aromatic N) is 1. The highest BCUT2D eigenvalue weighted by molar-refractivity contribution is 7.45. The van der Waals surface area contributed by atoms with Gasteiger partial charge in [-0.15, -0.1) is 0 Å². The molecular weight excluding hydrogens is 852 g/mol. The number of quaternary nitrogens is 1. The van der Waals surface area contributed by atoms with Crippen LogP contribution < -0.4 is 10.2 Å². The van der Waals surface area contributed by atoms with E-state index in [2.05, 4.69) is 19.2 Å². The Morgan fingerprint density at radius 2 is 0.806 bits per heavy atom. The molecule has 67 heavy (non-hydrogen) atoms. The van der Waals surface area contributed by atoms with Crippen LogP contribution in [-0.2, 0) is 18.4 Å². The third-order valence-electron chi connectivity index (χ3n) is 13.7. The normalized spacial score (nSPS) is 14.0. The van der Waals surface area contributed by atoms with E-state index >= 15 is 0 Å². The number of allylic oxidation sites excluding steroid dienone is 1. The van der Waals surface area contributed by atoms with Crippen molar-refractivity contribution >= 4 is 13.7 Å². The van der Waals surface area contributed by atoms with Crippen LogP contribution in [0.15, 0.2) is 12.2 Å². The highest BCUT2D eigenvalue weighted by Crippen LogP contribution is 2.38. The zero-order valence-corrected chi connectivity index (χ0v) is 46.5. The van der Waals surface area contributed by atoms with Crippen LogP contribution in [0.2, 0.25) is 0 Å². The van der Waals surface area contributed by atoms with Gasteiger partial charge >= 0.3 is 0 Å². The second-order valence-corrected chi connectivity index (χ2v) is 23.1. The first-order valence-electron chi connectivity index (χ1n) is 29.6. The van der Waals surface area contributed by atoms with Gasteiger partial charge in [-0.05, 0) is 19.3 Å². The number of nitrogens with one attached hydrogen (secondary N) is 1. The third-order valence-corrected chi connectivity index (χ3v) is 14.7. The van der Waals surface area contributed by atoms with Gasteiger partial charge in [-0.25, -0.2) is 0 Å². The molecule has 0 aromatic rings. The Labute approximate surface area is 418 Å². The van der Waals surface area contributed by atoms with E-state index in [0.717, 1.165) is 38.5 Å². The minimum atomic E-state index is -4.59. The van der Waals surface area contributed by atoms with E-state index in [9.17, 15) is 19.4 Å². The van der Waals surface area contributed by atoms with Crippen LogP contribution in [0.25, 0.3) is 0 Å². The highest BCUT2D eigenvalue weighted by Gasteiger charge is 2.23. The maximum absolute atomic E-state index is 13.0. The van der Waals surface area contributed by atoms with Gasteiger partial charge in [0.1, 0.15) is 13.2 Å². The summed E-state index contributed by atoms with van der Waals surface area (Å²) in [5.41, 5.74) is 0. The van der Waals surface area contributed by atoms with Gasteiger partial charge in [-0.1, -0.05) is 289 Å². The average molecular weight is 970 g/mol. The zero-order chi connectivity index (χ0) is 49.2. The van der Waals surface area contributed by atoms with Gasteiger partial charge in [0.05, 0.1) is 39.9 Å². The van der Waals surface area contributed by atoms with Gasteiger partial charge in [0.25, 0.3) is 7.82 Å². The number of phosphoric acid groups is 1. The number of hydrogen-bond acceptors (Lipinski definition) is 6. The zero-order valence-electron chi connectivity index (χ0n) is 45.6. The molecule has 3 atom stereocenters. The molecule has 2 N–H and O–H groups in total. The lowest BCUT2D eigenvalue weighted by Gasteiger charge is -2.29. The molecule has 9 heteroatoms. The Hall–Kier alpha value is -0.760. The summed E-state index contributed by atoms with van der Waals surface area (Å²) in [6, 6.07) is -0.881. The predicted octanol–water partition coefficient (Wildman–Crippen LogP) is 17.2. The topological polar surface area (TPSA) is 108 Å². The summed E-state index contributed by atoms with van der Waals surface area (Å²) in [7, 11) is 1.28. The van der Waals surface area contributed by atoms with Crippen molar-refractivity contribution in [3.8, 4) is 0 Å². The summed E-state index contributed by atoms with van der Waals surface area (Å²) in [6.07, 6.45) is 61.5. The first kappa shape index (κ1) is 66.2. The van der Waals surface area contributed by atoms with Crippen LogP contribution >= 0.6 is 7.82 Å². The number of carbonyl (C=O) groups is 1. The molecule has 0 aromatic heterocycles. The van der Waals surface area contributed by atoms with Gasteiger partial charge in [-0.3, -0.25) is 9.36 Å². The van der Waals surface area contributed by atoms with E-state index in [0.29, 0.717) is 17.4 Å². The largest absolute Gasteiger partial charge is 0.756 e. The summed E-state index contributed by atoms with van der Waals surface area (Å²) >= 11 is 0. The van der Waals surface area contributed by atoms with E-state index in [1.807, 2.05) is 27.2 Å². The van der Waals surface area contributed by atoms with Crippen molar-refractivity contribution in [3.63, 3.8) is 0 Å². The number of amides is 1. The minimum absolute atomic E-state index is 0.00260. The van der Waals surface area contributed by atoms with Crippen molar-refractivity contribution in [1.82, 2.24) is 5.32 Å². The van der Waals surface area contributed by atoms with Crippen molar-refractivity contribution in [3.05, 3.63) is 12.2 Å². The standard InChI is InChI=1S/C58H117N2O6P/c1-6-8-10-12-14-16-18-20-22-24-25-26-27-28-29-30-31-32-33-34-35-36-38-40-42-44-46-48-50-52-58(62)59-56(55-66-67(63,64)65-54-53-60(3,4)5)57(61)51-49-47-45-43-41-39-37-23-21-19-17-15-13-11-9-7-2/h49,51,56-57,61H,6-48,50,52-55H2,1-5H3,(H-,59,62,63,64)/b51-49+/t56-,57+/m0/s1. The number of rotatable bonds is 55. The lowest BCUT2D eigenvalue weighted by atomic mass is 10.0. The second-order valence-electron chi connectivity index (χ2n) is 21.7. The number of hydrogen-bond donors (Lipinski definition) is 2. The van der Waals surface area contributed by atoms with Crippen LogP contribution in [0.1, 0.15) is 303 Å². The van der Waals surface area contributed by atoms with Crippen molar-refractivity contribution in [1.29, 1.82) is 0 Å². The van der Waals surface area contributed by atoms with Gasteiger partial charge in [-0.2, -0.15) is 0 Å². The van der Waals surface area contributed by atoms with E-state index < -0.39 is 20.0 Å². The van der Waals surface area contributed by atoms with Crippen LogP contribution in [0.4, 0.5) is 0 Å². The molecule has 0 fully saturated rings. The molecule has 0 radical (unpaired) electrons. The quantitative estimate of drug-likeness (QED) is 0.0272. The maximum Gasteiger partial charge on any atom is 0.268 e. The minimum Gasteiger partial charge on any atom is -0.756 e. The smallest absolute Gasteiger partial charge is 0.268 e. The molecular formula is C58H117N2O6P. The van der Waals surface area contributed by atoms with Crippen LogP contribution in [0.3, 0.4) is 0 Å². The van der Waals surface area contributed by atoms with Gasteiger partial charge < -0.3 is 28.8 Å². The van der Waals surface area contributed by atoms with E-state index in [1.165, 1.54) is 244 Å². The number of unbranched alkanes of at least 4 members (excludes halogenated alkanes) is 42. The first-order chi connectivity index (χ1) is 32.5. The van der Waals surface area contributed by atoms with Gasteiger partial charge in [0, 0.05) is 6.42 Å². The molecule has 400 valence electrons. The van der Waals surface area contributed by atoms with E-state index in [4.69, 9.17) is 9.05 Å². The van der Waals surface area contributed by atoms with Crippen LogP contribution in [0, 0.1) is 0 Å². The molecule has 0 saturated heterocycles.